The number of ketones is 1. The average molecular weight is 299 g/mol. The van der Waals surface area contributed by atoms with Crippen molar-refractivity contribution in [3.8, 4) is 0 Å². The Hall–Kier alpha value is -0.280. The molecule has 0 spiro atoms. The first-order valence-electron chi connectivity index (χ1n) is 5.64. The zero-order valence-corrected chi connectivity index (χ0v) is 11.5. The summed E-state index contributed by atoms with van der Waals surface area (Å²) in [5.74, 6) is 1.54. The lowest BCUT2D eigenvalue weighted by Crippen LogP contribution is -2.22. The molecular weight excluding hydrogens is 284 g/mol. The van der Waals surface area contributed by atoms with Crippen molar-refractivity contribution in [1.29, 1.82) is 0 Å². The summed E-state index contributed by atoms with van der Waals surface area (Å²) < 4.78 is 1.07. The Balaban J connectivity index is 1.93. The van der Waals surface area contributed by atoms with E-state index >= 15 is 0 Å². The number of hydrogen-bond donors (Lipinski definition) is 0. The summed E-state index contributed by atoms with van der Waals surface area (Å²) in [4.78, 5) is 12.0. The highest BCUT2D eigenvalue weighted by molar-refractivity contribution is 9.10. The fourth-order valence-electron chi connectivity index (χ4n) is 1.91. The molecule has 1 unspecified atom stereocenters. The lowest BCUT2D eigenvalue weighted by molar-refractivity contribution is -0.118. The normalized spacial score (nSPS) is 20.7. The van der Waals surface area contributed by atoms with Crippen LogP contribution in [-0.2, 0) is 11.2 Å². The number of benzene rings is 1. The van der Waals surface area contributed by atoms with Gasteiger partial charge in [-0.3, -0.25) is 4.79 Å². The summed E-state index contributed by atoms with van der Waals surface area (Å²) in [5, 5.41) is 0.248. The fourth-order valence-corrected chi connectivity index (χ4v) is 3.43. The molecule has 1 atom stereocenters. The maximum Gasteiger partial charge on any atom is 0.150 e. The van der Waals surface area contributed by atoms with Gasteiger partial charge in [-0.15, -0.1) is 0 Å². The van der Waals surface area contributed by atoms with E-state index in [0.717, 1.165) is 22.2 Å². The van der Waals surface area contributed by atoms with Gasteiger partial charge in [0.15, 0.2) is 0 Å². The Kier molecular flexibility index (Phi) is 4.47. The average Bonchev–Trinajstić information content (AvgIpc) is 2.33. The second-order valence-electron chi connectivity index (χ2n) is 4.12. The Bertz CT molecular complexity index is 355. The SMILES string of the molecule is O=C(Cc1ccc(Br)cc1)C1CCCCS1. The number of carbonyl (C=O) groups is 1. The molecule has 1 saturated heterocycles. The number of hydrogen-bond acceptors (Lipinski definition) is 2. The van der Waals surface area contributed by atoms with Gasteiger partial charge in [0.1, 0.15) is 5.78 Å². The molecule has 16 heavy (non-hydrogen) atoms. The van der Waals surface area contributed by atoms with Gasteiger partial charge in [-0.2, -0.15) is 11.8 Å². The van der Waals surface area contributed by atoms with E-state index in [0.29, 0.717) is 12.2 Å². The maximum absolute atomic E-state index is 12.0. The molecule has 1 aromatic rings. The molecule has 1 aromatic carbocycles. The smallest absolute Gasteiger partial charge is 0.150 e. The first-order valence-corrected chi connectivity index (χ1v) is 7.48. The van der Waals surface area contributed by atoms with Crippen LogP contribution in [0.1, 0.15) is 24.8 Å². The molecule has 0 bridgehead atoms. The van der Waals surface area contributed by atoms with Crippen LogP contribution >= 0.6 is 27.7 Å². The van der Waals surface area contributed by atoms with Crippen LogP contribution in [0.15, 0.2) is 28.7 Å². The Labute approximate surface area is 109 Å². The van der Waals surface area contributed by atoms with Gasteiger partial charge < -0.3 is 0 Å². The van der Waals surface area contributed by atoms with E-state index in [4.69, 9.17) is 0 Å². The molecule has 2 rings (SSSR count). The van der Waals surface area contributed by atoms with E-state index in [1.165, 1.54) is 12.8 Å². The van der Waals surface area contributed by atoms with Crippen LogP contribution in [0.3, 0.4) is 0 Å². The largest absolute Gasteiger partial charge is 0.298 e. The number of thioether (sulfide) groups is 1. The van der Waals surface area contributed by atoms with Crippen molar-refractivity contribution in [3.05, 3.63) is 34.3 Å². The molecule has 0 N–H and O–H groups in total. The van der Waals surface area contributed by atoms with Gasteiger partial charge in [-0.1, -0.05) is 34.5 Å². The van der Waals surface area contributed by atoms with Crippen molar-refractivity contribution in [1.82, 2.24) is 0 Å². The molecule has 1 aliphatic rings. The minimum Gasteiger partial charge on any atom is -0.298 e. The standard InChI is InChI=1S/C13H15BrOS/c14-11-6-4-10(5-7-11)9-12(15)13-3-1-2-8-16-13/h4-7,13H,1-3,8-9H2. The monoisotopic (exact) mass is 298 g/mol. The third kappa shape index (κ3) is 3.36. The van der Waals surface area contributed by atoms with E-state index in [2.05, 4.69) is 15.9 Å². The Morgan fingerprint density at radius 2 is 2.06 bits per heavy atom. The molecule has 0 saturated carbocycles. The third-order valence-electron chi connectivity index (χ3n) is 2.83. The minimum atomic E-state index is 0.248. The number of Topliss-reactive ketones (excluding diaryl/α,β-unsaturated/α-hetero) is 1. The van der Waals surface area contributed by atoms with Gasteiger partial charge in [0.05, 0.1) is 5.25 Å². The van der Waals surface area contributed by atoms with Gasteiger partial charge in [-0.25, -0.2) is 0 Å². The van der Waals surface area contributed by atoms with Gasteiger partial charge in [-0.05, 0) is 36.3 Å². The van der Waals surface area contributed by atoms with Crippen LogP contribution < -0.4 is 0 Å². The van der Waals surface area contributed by atoms with Crippen LogP contribution in [0.5, 0.6) is 0 Å². The summed E-state index contributed by atoms with van der Waals surface area (Å²) in [5.41, 5.74) is 1.12. The van der Waals surface area contributed by atoms with Gasteiger partial charge >= 0.3 is 0 Å². The molecule has 1 heterocycles. The summed E-state index contributed by atoms with van der Waals surface area (Å²) in [6, 6.07) is 8.04. The van der Waals surface area contributed by atoms with Gasteiger partial charge in [0, 0.05) is 10.9 Å². The summed E-state index contributed by atoms with van der Waals surface area (Å²) >= 11 is 5.23. The quantitative estimate of drug-likeness (QED) is 0.843. The lowest BCUT2D eigenvalue weighted by atomic mass is 10.0. The predicted molar refractivity (Wildman–Crippen MR) is 73.0 cm³/mol. The van der Waals surface area contributed by atoms with Crippen LogP contribution in [-0.4, -0.2) is 16.8 Å². The van der Waals surface area contributed by atoms with Crippen LogP contribution in [0, 0.1) is 0 Å². The van der Waals surface area contributed by atoms with Crippen molar-refractivity contribution >= 4 is 33.5 Å². The molecule has 1 aliphatic heterocycles. The first kappa shape index (κ1) is 12.2. The van der Waals surface area contributed by atoms with Crippen molar-refractivity contribution in [2.45, 2.75) is 30.9 Å². The zero-order valence-electron chi connectivity index (χ0n) is 9.12. The topological polar surface area (TPSA) is 17.1 Å². The molecule has 0 aromatic heterocycles. The van der Waals surface area contributed by atoms with Crippen molar-refractivity contribution in [2.24, 2.45) is 0 Å². The van der Waals surface area contributed by atoms with Crippen molar-refractivity contribution < 1.29 is 4.79 Å². The minimum absolute atomic E-state index is 0.248. The van der Waals surface area contributed by atoms with E-state index in [-0.39, 0.29) is 5.25 Å². The molecule has 1 fully saturated rings. The highest BCUT2D eigenvalue weighted by Gasteiger charge is 2.21. The highest BCUT2D eigenvalue weighted by atomic mass is 79.9. The molecule has 0 aliphatic carbocycles. The maximum atomic E-state index is 12.0. The number of rotatable bonds is 3. The molecule has 1 nitrogen and oxygen atoms in total. The van der Waals surface area contributed by atoms with Gasteiger partial charge in [0.2, 0.25) is 0 Å². The molecule has 86 valence electrons. The highest BCUT2D eigenvalue weighted by Crippen LogP contribution is 2.26. The number of carbonyl (C=O) groups excluding carboxylic acids is 1. The van der Waals surface area contributed by atoms with Gasteiger partial charge in [0.25, 0.3) is 0 Å². The van der Waals surface area contributed by atoms with Crippen LogP contribution in [0.2, 0.25) is 0 Å². The summed E-state index contributed by atoms with van der Waals surface area (Å²) in [7, 11) is 0. The van der Waals surface area contributed by atoms with E-state index in [1.54, 1.807) is 0 Å². The third-order valence-corrected chi connectivity index (χ3v) is 4.78. The molecule has 0 radical (unpaired) electrons. The summed E-state index contributed by atoms with van der Waals surface area (Å²) in [6.45, 7) is 0. The summed E-state index contributed by atoms with van der Waals surface area (Å²) in [6.07, 6.45) is 4.14. The predicted octanol–water partition coefficient (Wildman–Crippen LogP) is 3.85. The van der Waals surface area contributed by atoms with E-state index < -0.39 is 0 Å². The second-order valence-corrected chi connectivity index (χ2v) is 6.35. The fraction of sp³-hybridized carbons (Fsp3) is 0.462. The van der Waals surface area contributed by atoms with Crippen molar-refractivity contribution in [3.63, 3.8) is 0 Å². The second kappa shape index (κ2) is 5.87. The Morgan fingerprint density at radius 3 is 2.69 bits per heavy atom. The Morgan fingerprint density at radius 1 is 1.31 bits per heavy atom. The van der Waals surface area contributed by atoms with Crippen molar-refractivity contribution in [2.75, 3.05) is 5.75 Å². The van der Waals surface area contributed by atoms with E-state index in [1.807, 2.05) is 36.0 Å². The lowest BCUT2D eigenvalue weighted by Gasteiger charge is -2.19. The van der Waals surface area contributed by atoms with Crippen LogP contribution in [0.4, 0.5) is 0 Å². The molecule has 3 heteroatoms. The zero-order chi connectivity index (χ0) is 11.4. The van der Waals surface area contributed by atoms with E-state index in [9.17, 15) is 4.79 Å². The van der Waals surface area contributed by atoms with Crippen LogP contribution in [0.25, 0.3) is 0 Å². The first-order chi connectivity index (χ1) is 7.75. The number of halogens is 1. The molecule has 0 amide bonds. The molecular formula is C13H15BrOS.